The molecule has 0 aliphatic carbocycles. The number of carbonyl (C=O) groups excluding carboxylic acids is 2. The molecule has 4 rings (SSSR count). The van der Waals surface area contributed by atoms with Gasteiger partial charge in [0.15, 0.2) is 0 Å². The molecule has 1 fully saturated rings. The number of thioether (sulfide) groups is 1. The van der Waals surface area contributed by atoms with Crippen molar-refractivity contribution in [2.45, 2.75) is 25.1 Å². The Balaban J connectivity index is 1.62. The van der Waals surface area contributed by atoms with E-state index in [0.717, 1.165) is 24.1 Å². The first-order valence-electron chi connectivity index (χ1n) is 10.3. The number of rotatable bonds is 6. The van der Waals surface area contributed by atoms with Crippen LogP contribution in [0.4, 0.5) is 11.4 Å². The van der Waals surface area contributed by atoms with E-state index in [0.29, 0.717) is 22.0 Å². The number of hydrogen-bond donors (Lipinski definition) is 1. The zero-order valence-corrected chi connectivity index (χ0v) is 18.7. The summed E-state index contributed by atoms with van der Waals surface area (Å²) >= 11 is 7.76. The minimum Gasteiger partial charge on any atom is -0.322 e. The van der Waals surface area contributed by atoms with E-state index in [2.05, 4.69) is 18.3 Å². The van der Waals surface area contributed by atoms with E-state index in [1.807, 2.05) is 47.4 Å². The molecule has 0 unspecified atom stereocenters. The molecule has 1 aliphatic heterocycles. The van der Waals surface area contributed by atoms with E-state index < -0.39 is 0 Å². The van der Waals surface area contributed by atoms with Crippen molar-refractivity contribution >= 4 is 46.6 Å². The summed E-state index contributed by atoms with van der Waals surface area (Å²) in [6.45, 7) is 2.14. The van der Waals surface area contributed by atoms with E-state index in [-0.39, 0.29) is 17.2 Å². The van der Waals surface area contributed by atoms with Gasteiger partial charge in [0.2, 0.25) is 5.91 Å². The highest BCUT2D eigenvalue weighted by molar-refractivity contribution is 8.00. The molecule has 1 saturated heterocycles. The minimum atomic E-state index is -0.261. The number of nitrogens with zero attached hydrogens (tertiary/aromatic N) is 1. The maximum absolute atomic E-state index is 12.8. The number of anilines is 2. The SMILES string of the molecule is CCCc1ccccc1N1C(=O)CS[C@H]1c1cccc(NC(=O)c2ccccc2Cl)c1. The number of hydrogen-bond acceptors (Lipinski definition) is 3. The van der Waals surface area contributed by atoms with Gasteiger partial charge >= 0.3 is 0 Å². The van der Waals surface area contributed by atoms with E-state index in [9.17, 15) is 9.59 Å². The first-order chi connectivity index (χ1) is 15.1. The summed E-state index contributed by atoms with van der Waals surface area (Å²) in [5.74, 6) is 0.272. The Kier molecular flexibility index (Phi) is 6.64. The van der Waals surface area contributed by atoms with Gasteiger partial charge in [0.1, 0.15) is 5.37 Å². The summed E-state index contributed by atoms with van der Waals surface area (Å²) in [6.07, 6.45) is 1.94. The third-order valence-electron chi connectivity index (χ3n) is 5.19. The van der Waals surface area contributed by atoms with Crippen LogP contribution in [0.25, 0.3) is 0 Å². The average Bonchev–Trinajstić information content (AvgIpc) is 3.16. The maximum atomic E-state index is 12.8. The van der Waals surface area contributed by atoms with Crippen molar-refractivity contribution in [3.63, 3.8) is 0 Å². The Bertz CT molecular complexity index is 1120. The summed E-state index contributed by atoms with van der Waals surface area (Å²) in [7, 11) is 0. The molecule has 3 aromatic rings. The van der Waals surface area contributed by atoms with Gasteiger partial charge in [-0.05, 0) is 47.9 Å². The molecule has 6 heteroatoms. The standard InChI is InChI=1S/C25H23ClN2O2S/c1-2-8-17-9-3-6-14-22(17)28-23(29)16-31-25(28)18-10-7-11-19(15-18)27-24(30)20-12-4-5-13-21(20)26/h3-7,9-15,25H,2,8,16H2,1H3,(H,27,30)/t25-/m0/s1. The minimum absolute atomic E-state index is 0.101. The fourth-order valence-electron chi connectivity index (χ4n) is 3.77. The van der Waals surface area contributed by atoms with Gasteiger partial charge in [0, 0.05) is 11.4 Å². The van der Waals surface area contributed by atoms with E-state index in [4.69, 9.17) is 11.6 Å². The Labute approximate surface area is 191 Å². The fraction of sp³-hybridized carbons (Fsp3) is 0.200. The molecule has 158 valence electrons. The summed E-state index contributed by atoms with van der Waals surface area (Å²) in [6, 6.07) is 22.7. The van der Waals surface area contributed by atoms with Crippen molar-refractivity contribution in [2.75, 3.05) is 16.0 Å². The summed E-state index contributed by atoms with van der Waals surface area (Å²) in [4.78, 5) is 27.4. The quantitative estimate of drug-likeness (QED) is 0.477. The molecular formula is C25H23ClN2O2S. The second-order valence-corrected chi connectivity index (χ2v) is 8.84. The largest absolute Gasteiger partial charge is 0.322 e. The van der Waals surface area contributed by atoms with Crippen LogP contribution in [0.1, 0.15) is 40.2 Å². The number of amides is 2. The lowest BCUT2D eigenvalue weighted by Crippen LogP contribution is -2.28. The smallest absolute Gasteiger partial charge is 0.257 e. The summed E-state index contributed by atoms with van der Waals surface area (Å²) in [5.41, 5.74) is 4.21. The molecule has 1 atom stereocenters. The zero-order chi connectivity index (χ0) is 21.8. The van der Waals surface area contributed by atoms with Crippen molar-refractivity contribution < 1.29 is 9.59 Å². The van der Waals surface area contributed by atoms with Gasteiger partial charge in [-0.1, -0.05) is 67.4 Å². The normalized spacial score (nSPS) is 15.9. The lowest BCUT2D eigenvalue weighted by Gasteiger charge is -2.27. The Hall–Kier alpha value is -2.76. The Morgan fingerprint density at radius 3 is 2.68 bits per heavy atom. The molecular weight excluding hydrogens is 428 g/mol. The predicted octanol–water partition coefficient (Wildman–Crippen LogP) is 6.32. The van der Waals surface area contributed by atoms with Crippen LogP contribution >= 0.6 is 23.4 Å². The molecule has 1 heterocycles. The molecule has 0 radical (unpaired) electrons. The number of aryl methyl sites for hydroxylation is 1. The number of nitrogens with one attached hydrogen (secondary N) is 1. The number of carbonyl (C=O) groups is 2. The predicted molar refractivity (Wildman–Crippen MR) is 129 cm³/mol. The third-order valence-corrected chi connectivity index (χ3v) is 6.73. The van der Waals surface area contributed by atoms with Crippen LogP contribution in [0.15, 0.2) is 72.8 Å². The van der Waals surface area contributed by atoms with Gasteiger partial charge in [-0.15, -0.1) is 11.8 Å². The van der Waals surface area contributed by atoms with Gasteiger partial charge in [0.25, 0.3) is 5.91 Å². The third kappa shape index (κ3) is 4.63. The molecule has 2 amide bonds. The molecule has 0 spiro atoms. The number of benzene rings is 3. The molecule has 4 nitrogen and oxygen atoms in total. The second-order valence-electron chi connectivity index (χ2n) is 7.37. The van der Waals surface area contributed by atoms with Crippen LogP contribution in [0.3, 0.4) is 0 Å². The summed E-state index contributed by atoms with van der Waals surface area (Å²) in [5, 5.41) is 3.20. The molecule has 0 bridgehead atoms. The van der Waals surface area contributed by atoms with Crippen molar-refractivity contribution in [3.05, 3.63) is 94.5 Å². The Morgan fingerprint density at radius 2 is 1.87 bits per heavy atom. The highest BCUT2D eigenvalue weighted by atomic mass is 35.5. The molecule has 31 heavy (non-hydrogen) atoms. The van der Waals surface area contributed by atoms with Gasteiger partial charge in [-0.2, -0.15) is 0 Å². The highest BCUT2D eigenvalue weighted by Crippen LogP contribution is 2.43. The van der Waals surface area contributed by atoms with Crippen molar-refractivity contribution in [3.8, 4) is 0 Å². The van der Waals surface area contributed by atoms with Gasteiger partial charge in [-0.25, -0.2) is 0 Å². The second kappa shape index (κ2) is 9.58. The van der Waals surface area contributed by atoms with Crippen LogP contribution in [0, 0.1) is 0 Å². The van der Waals surface area contributed by atoms with Crippen LogP contribution < -0.4 is 10.2 Å². The highest BCUT2D eigenvalue weighted by Gasteiger charge is 2.35. The van der Waals surface area contributed by atoms with Crippen molar-refractivity contribution in [1.29, 1.82) is 0 Å². The van der Waals surface area contributed by atoms with Gasteiger partial charge in [0.05, 0.1) is 16.3 Å². The monoisotopic (exact) mass is 450 g/mol. The van der Waals surface area contributed by atoms with Gasteiger partial charge in [-0.3, -0.25) is 14.5 Å². The maximum Gasteiger partial charge on any atom is 0.257 e. The lowest BCUT2D eigenvalue weighted by atomic mass is 10.1. The van der Waals surface area contributed by atoms with Crippen LogP contribution in [0.2, 0.25) is 5.02 Å². The topological polar surface area (TPSA) is 49.4 Å². The fourth-order valence-corrected chi connectivity index (χ4v) is 5.15. The van der Waals surface area contributed by atoms with Crippen LogP contribution in [-0.4, -0.2) is 17.6 Å². The van der Waals surface area contributed by atoms with E-state index >= 15 is 0 Å². The first kappa shape index (κ1) is 21.5. The number of para-hydroxylation sites is 1. The number of halogens is 1. The molecule has 0 aromatic heterocycles. The van der Waals surface area contributed by atoms with Crippen molar-refractivity contribution in [2.24, 2.45) is 0 Å². The average molecular weight is 451 g/mol. The molecule has 1 N–H and O–H groups in total. The van der Waals surface area contributed by atoms with E-state index in [1.165, 1.54) is 5.56 Å². The van der Waals surface area contributed by atoms with Crippen LogP contribution in [-0.2, 0) is 11.2 Å². The Morgan fingerprint density at radius 1 is 1.10 bits per heavy atom. The first-order valence-corrected chi connectivity index (χ1v) is 11.7. The van der Waals surface area contributed by atoms with Crippen LogP contribution in [0.5, 0.6) is 0 Å². The summed E-state index contributed by atoms with van der Waals surface area (Å²) < 4.78 is 0. The van der Waals surface area contributed by atoms with Gasteiger partial charge < -0.3 is 5.32 Å². The molecule has 3 aromatic carbocycles. The molecule has 0 saturated carbocycles. The molecule has 1 aliphatic rings. The van der Waals surface area contributed by atoms with E-state index in [1.54, 1.807) is 36.0 Å². The lowest BCUT2D eigenvalue weighted by molar-refractivity contribution is -0.115. The zero-order valence-electron chi connectivity index (χ0n) is 17.2. The van der Waals surface area contributed by atoms with Crippen molar-refractivity contribution in [1.82, 2.24) is 0 Å².